The van der Waals surface area contributed by atoms with Crippen LogP contribution in [0.25, 0.3) is 17.1 Å². The zero-order chi connectivity index (χ0) is 21.8. The molecule has 32 heavy (non-hydrogen) atoms. The van der Waals surface area contributed by atoms with E-state index in [1.807, 2.05) is 49.9 Å². The molecule has 0 spiro atoms. The lowest BCUT2D eigenvalue weighted by Gasteiger charge is -2.28. The van der Waals surface area contributed by atoms with Gasteiger partial charge < -0.3 is 14.4 Å². The molecule has 10 nitrogen and oxygen atoms in total. The minimum Gasteiger partial charge on any atom is -0.463 e. The SMILES string of the molecule is Cn1cc(CCOc2nc(N3CCOCC3)cc(-n3ccc(-c4ccncc4)n3)n2)cn1. The first-order valence-corrected chi connectivity index (χ1v) is 10.5. The van der Waals surface area contributed by atoms with Crippen molar-refractivity contribution < 1.29 is 9.47 Å². The molecule has 0 bridgehead atoms. The molecule has 1 fully saturated rings. The molecule has 0 unspecified atom stereocenters. The van der Waals surface area contributed by atoms with E-state index in [-0.39, 0.29) is 0 Å². The van der Waals surface area contributed by atoms with E-state index in [1.165, 1.54) is 0 Å². The number of aromatic nitrogens is 7. The fourth-order valence-corrected chi connectivity index (χ4v) is 3.53. The minimum absolute atomic E-state index is 0.328. The fourth-order valence-electron chi connectivity index (χ4n) is 3.53. The summed E-state index contributed by atoms with van der Waals surface area (Å²) < 4.78 is 14.9. The highest BCUT2D eigenvalue weighted by Crippen LogP contribution is 2.22. The summed E-state index contributed by atoms with van der Waals surface area (Å²) in [5.41, 5.74) is 2.94. The van der Waals surface area contributed by atoms with Gasteiger partial charge in [-0.15, -0.1) is 0 Å². The van der Waals surface area contributed by atoms with Gasteiger partial charge in [0.25, 0.3) is 0 Å². The Kier molecular flexibility index (Phi) is 5.75. The Morgan fingerprint density at radius 3 is 2.66 bits per heavy atom. The number of pyridine rings is 1. The molecular formula is C22H24N8O2. The molecule has 1 saturated heterocycles. The number of anilines is 1. The largest absolute Gasteiger partial charge is 0.463 e. The Hall–Kier alpha value is -3.79. The maximum atomic E-state index is 5.94. The topological polar surface area (TPSA) is 96.0 Å². The summed E-state index contributed by atoms with van der Waals surface area (Å²) in [7, 11) is 1.90. The number of rotatable bonds is 7. The number of ether oxygens (including phenoxy) is 2. The Labute approximate surface area is 185 Å². The maximum Gasteiger partial charge on any atom is 0.320 e. The van der Waals surface area contributed by atoms with Crippen molar-refractivity contribution in [1.82, 2.24) is 34.5 Å². The lowest BCUT2D eigenvalue weighted by atomic mass is 10.2. The molecule has 4 aromatic heterocycles. The van der Waals surface area contributed by atoms with Gasteiger partial charge in [-0.25, -0.2) is 4.68 Å². The van der Waals surface area contributed by atoms with E-state index in [2.05, 4.69) is 25.0 Å². The van der Waals surface area contributed by atoms with Crippen LogP contribution in [0.1, 0.15) is 5.56 Å². The van der Waals surface area contributed by atoms with Crippen LogP contribution >= 0.6 is 0 Å². The monoisotopic (exact) mass is 432 g/mol. The molecule has 5 rings (SSSR count). The van der Waals surface area contributed by atoms with Crippen LogP contribution in [0.3, 0.4) is 0 Å². The Morgan fingerprint density at radius 1 is 1.06 bits per heavy atom. The molecule has 164 valence electrons. The Morgan fingerprint density at radius 2 is 1.88 bits per heavy atom. The van der Waals surface area contributed by atoms with Gasteiger partial charge in [-0.3, -0.25) is 9.67 Å². The lowest BCUT2D eigenvalue weighted by molar-refractivity contribution is 0.122. The van der Waals surface area contributed by atoms with Crippen molar-refractivity contribution in [2.24, 2.45) is 7.05 Å². The van der Waals surface area contributed by atoms with Gasteiger partial charge >= 0.3 is 6.01 Å². The highest BCUT2D eigenvalue weighted by Gasteiger charge is 2.17. The summed E-state index contributed by atoms with van der Waals surface area (Å²) in [6.07, 6.45) is 9.94. The summed E-state index contributed by atoms with van der Waals surface area (Å²) in [5, 5.41) is 8.89. The molecule has 0 radical (unpaired) electrons. The molecule has 4 aromatic rings. The summed E-state index contributed by atoms with van der Waals surface area (Å²) in [6, 6.07) is 8.07. The van der Waals surface area contributed by atoms with E-state index in [1.54, 1.807) is 21.8 Å². The quantitative estimate of drug-likeness (QED) is 0.437. The van der Waals surface area contributed by atoms with Crippen molar-refractivity contribution in [2.75, 3.05) is 37.8 Å². The minimum atomic E-state index is 0.328. The number of aryl methyl sites for hydroxylation is 1. The van der Waals surface area contributed by atoms with E-state index in [9.17, 15) is 0 Å². The Balaban J connectivity index is 1.40. The number of hydrogen-bond acceptors (Lipinski definition) is 8. The van der Waals surface area contributed by atoms with Crippen LogP contribution in [0.4, 0.5) is 5.82 Å². The highest BCUT2D eigenvalue weighted by molar-refractivity contribution is 5.58. The standard InChI is InChI=1S/C22H24N8O2/c1-28-16-17(15-24-28)5-11-32-22-25-20(29-9-12-31-13-10-29)14-21(26-22)30-8-4-19(27-30)18-2-6-23-7-3-18/h2-4,6-8,14-16H,5,9-13H2,1H3. The molecule has 1 aliphatic heterocycles. The van der Waals surface area contributed by atoms with Gasteiger partial charge in [0.1, 0.15) is 5.82 Å². The van der Waals surface area contributed by atoms with Crippen molar-refractivity contribution in [3.8, 4) is 23.1 Å². The molecule has 0 atom stereocenters. The molecular weight excluding hydrogens is 408 g/mol. The number of nitrogens with zero attached hydrogens (tertiary/aromatic N) is 8. The van der Waals surface area contributed by atoms with Crippen molar-refractivity contribution in [1.29, 1.82) is 0 Å². The van der Waals surface area contributed by atoms with Crippen molar-refractivity contribution in [3.63, 3.8) is 0 Å². The molecule has 1 aliphatic rings. The lowest BCUT2D eigenvalue weighted by Crippen LogP contribution is -2.37. The summed E-state index contributed by atoms with van der Waals surface area (Å²) in [4.78, 5) is 15.5. The predicted molar refractivity (Wildman–Crippen MR) is 118 cm³/mol. The van der Waals surface area contributed by atoms with Crippen LogP contribution in [0.2, 0.25) is 0 Å². The summed E-state index contributed by atoms with van der Waals surface area (Å²) >= 11 is 0. The second kappa shape index (κ2) is 9.15. The van der Waals surface area contributed by atoms with Crippen LogP contribution in [-0.2, 0) is 18.2 Å². The third-order valence-corrected chi connectivity index (χ3v) is 5.19. The van der Waals surface area contributed by atoms with Crippen LogP contribution in [0.15, 0.2) is 55.2 Å². The van der Waals surface area contributed by atoms with E-state index in [4.69, 9.17) is 14.6 Å². The third-order valence-electron chi connectivity index (χ3n) is 5.19. The van der Waals surface area contributed by atoms with Crippen LogP contribution in [0, 0.1) is 0 Å². The van der Waals surface area contributed by atoms with Crippen molar-refractivity contribution >= 4 is 5.82 Å². The highest BCUT2D eigenvalue weighted by atomic mass is 16.5. The molecule has 0 saturated carbocycles. The molecule has 0 N–H and O–H groups in total. The molecule has 0 aliphatic carbocycles. The maximum absolute atomic E-state index is 5.94. The van der Waals surface area contributed by atoms with Gasteiger partial charge in [-0.1, -0.05) is 0 Å². The van der Waals surface area contributed by atoms with Gasteiger partial charge in [0.2, 0.25) is 0 Å². The second-order valence-corrected chi connectivity index (χ2v) is 7.47. The van der Waals surface area contributed by atoms with E-state index < -0.39 is 0 Å². The van der Waals surface area contributed by atoms with Crippen LogP contribution in [0.5, 0.6) is 6.01 Å². The van der Waals surface area contributed by atoms with Gasteiger partial charge in [-0.05, 0) is 23.8 Å². The summed E-state index contributed by atoms with van der Waals surface area (Å²) in [5.74, 6) is 1.45. The first-order chi connectivity index (χ1) is 15.7. The normalized spacial score (nSPS) is 14.0. The molecule has 0 aromatic carbocycles. The van der Waals surface area contributed by atoms with Gasteiger partial charge in [-0.2, -0.15) is 20.2 Å². The summed E-state index contributed by atoms with van der Waals surface area (Å²) in [6.45, 7) is 3.34. The number of hydrogen-bond donors (Lipinski definition) is 0. The average molecular weight is 432 g/mol. The van der Waals surface area contributed by atoms with E-state index in [0.717, 1.165) is 42.1 Å². The predicted octanol–water partition coefficient (Wildman–Crippen LogP) is 1.92. The smallest absolute Gasteiger partial charge is 0.320 e. The van der Waals surface area contributed by atoms with Gasteiger partial charge in [0.15, 0.2) is 5.82 Å². The first-order valence-electron chi connectivity index (χ1n) is 10.5. The molecule has 0 amide bonds. The number of morpholine rings is 1. The van der Waals surface area contributed by atoms with Crippen LogP contribution < -0.4 is 9.64 Å². The van der Waals surface area contributed by atoms with Crippen LogP contribution in [-0.4, -0.2) is 67.4 Å². The first kappa shape index (κ1) is 20.1. The van der Waals surface area contributed by atoms with Crippen molar-refractivity contribution in [2.45, 2.75) is 6.42 Å². The Bertz CT molecular complexity index is 1170. The van der Waals surface area contributed by atoms with E-state index in [0.29, 0.717) is 31.6 Å². The molecule has 5 heterocycles. The second-order valence-electron chi connectivity index (χ2n) is 7.47. The zero-order valence-electron chi connectivity index (χ0n) is 17.8. The average Bonchev–Trinajstić information content (AvgIpc) is 3.50. The van der Waals surface area contributed by atoms with Gasteiger partial charge in [0, 0.05) is 63.0 Å². The third kappa shape index (κ3) is 4.59. The van der Waals surface area contributed by atoms with Gasteiger partial charge in [0.05, 0.1) is 31.7 Å². The zero-order valence-corrected chi connectivity index (χ0v) is 17.8. The van der Waals surface area contributed by atoms with E-state index >= 15 is 0 Å². The fraction of sp³-hybridized carbons (Fsp3) is 0.318. The molecule has 10 heteroatoms. The van der Waals surface area contributed by atoms with Crippen molar-refractivity contribution in [3.05, 3.63) is 60.8 Å².